The second-order valence-corrected chi connectivity index (χ2v) is 10.7. The van der Waals surface area contributed by atoms with E-state index >= 15 is 4.39 Å². The maximum atomic E-state index is 16.5. The second-order valence-electron chi connectivity index (χ2n) is 9.73. The number of aromatic nitrogens is 3. The fraction of sp³-hybridized carbons (Fsp3) is 0.360. The van der Waals surface area contributed by atoms with Gasteiger partial charge in [-0.1, -0.05) is 0 Å². The van der Waals surface area contributed by atoms with Crippen LogP contribution in [0.15, 0.2) is 23.0 Å². The first-order valence-electron chi connectivity index (χ1n) is 11.7. The number of thioether (sulfide) groups is 1. The molecule has 6 heterocycles. The largest absolute Gasteiger partial charge is 0.400 e. The molecule has 0 radical (unpaired) electrons. The summed E-state index contributed by atoms with van der Waals surface area (Å²) in [4.78, 5) is 18.2. The Balaban J connectivity index is 1.46. The molecule has 2 unspecified atom stereocenters. The van der Waals surface area contributed by atoms with Crippen molar-refractivity contribution in [3.63, 3.8) is 0 Å². The van der Waals surface area contributed by atoms with Crippen LogP contribution in [-0.4, -0.2) is 58.3 Å². The van der Waals surface area contributed by atoms with Gasteiger partial charge in [0.1, 0.15) is 11.6 Å². The highest BCUT2D eigenvalue weighted by Gasteiger charge is 2.45. The highest BCUT2D eigenvalue weighted by molar-refractivity contribution is 7.99. The fourth-order valence-electron chi connectivity index (χ4n) is 5.91. The normalized spacial score (nSPS) is 22.9. The van der Waals surface area contributed by atoms with Crippen molar-refractivity contribution in [2.24, 2.45) is 11.7 Å². The molecular weight excluding hydrogens is 484 g/mol. The first-order valence-corrected chi connectivity index (χ1v) is 12.7. The van der Waals surface area contributed by atoms with Crippen LogP contribution < -0.4 is 10.6 Å². The van der Waals surface area contributed by atoms with E-state index in [-0.39, 0.29) is 51.8 Å². The van der Waals surface area contributed by atoms with Crippen molar-refractivity contribution in [1.82, 2.24) is 19.9 Å². The lowest BCUT2D eigenvalue weighted by atomic mass is 9.91. The summed E-state index contributed by atoms with van der Waals surface area (Å²) in [7, 11) is 2.10. The lowest BCUT2D eigenvalue weighted by molar-refractivity contribution is 0.135. The number of ether oxygens (including phenoxy) is 1. The Morgan fingerprint density at radius 3 is 2.78 bits per heavy atom. The molecule has 2 aromatic heterocycles. The number of pyridine rings is 1. The molecule has 11 heteroatoms. The Morgan fingerprint density at radius 1 is 1.14 bits per heavy atom. The summed E-state index contributed by atoms with van der Waals surface area (Å²) < 4.78 is 36.9. The minimum Gasteiger partial charge on any atom is -0.400 e. The molecule has 3 aromatic rings. The number of halogens is 2. The molecule has 2 atom stereocenters. The first kappa shape index (κ1) is 21.9. The molecule has 2 N–H and O–H groups in total. The van der Waals surface area contributed by atoms with Gasteiger partial charge in [-0.05, 0) is 18.2 Å². The Bertz CT molecular complexity index is 1550. The van der Waals surface area contributed by atoms with E-state index in [0.717, 1.165) is 31.4 Å². The summed E-state index contributed by atoms with van der Waals surface area (Å²) in [5, 5.41) is 10.4. The molecule has 0 aliphatic carbocycles. The van der Waals surface area contributed by atoms with E-state index in [4.69, 9.17) is 10.5 Å². The van der Waals surface area contributed by atoms with Crippen molar-refractivity contribution >= 4 is 34.2 Å². The molecule has 0 bridgehead atoms. The predicted octanol–water partition coefficient (Wildman–Crippen LogP) is 3.05. The van der Waals surface area contributed by atoms with Crippen LogP contribution in [0.1, 0.15) is 16.7 Å². The smallest absolute Gasteiger partial charge is 0.226 e. The molecule has 1 aromatic carbocycles. The monoisotopic (exact) mass is 505 g/mol. The van der Waals surface area contributed by atoms with Crippen LogP contribution in [0.5, 0.6) is 0 Å². The molecule has 0 spiro atoms. The number of benzene rings is 1. The van der Waals surface area contributed by atoms with Gasteiger partial charge in [0.15, 0.2) is 11.6 Å². The lowest BCUT2D eigenvalue weighted by Gasteiger charge is -2.43. The van der Waals surface area contributed by atoms with Gasteiger partial charge in [0.05, 0.1) is 41.6 Å². The molecule has 2 fully saturated rings. The summed E-state index contributed by atoms with van der Waals surface area (Å²) in [6.07, 6.45) is 2.75. The van der Waals surface area contributed by atoms with Crippen LogP contribution >= 0.6 is 11.8 Å². The van der Waals surface area contributed by atoms with Crippen LogP contribution in [0.4, 0.5) is 14.7 Å². The topological polar surface area (TPSA) is 104 Å². The summed E-state index contributed by atoms with van der Waals surface area (Å²) in [5.74, 6) is 0.200. The lowest BCUT2D eigenvalue weighted by Crippen LogP contribution is -2.56. The van der Waals surface area contributed by atoms with E-state index in [1.165, 1.54) is 11.8 Å². The average molecular weight is 506 g/mol. The molecular formula is C25H21F2N7OS. The number of nitriles is 1. The number of allylic oxidation sites excluding steroid dienone is 1. The van der Waals surface area contributed by atoms with Crippen molar-refractivity contribution < 1.29 is 13.5 Å². The molecule has 36 heavy (non-hydrogen) atoms. The zero-order valence-corrected chi connectivity index (χ0v) is 20.2. The van der Waals surface area contributed by atoms with Crippen molar-refractivity contribution in [3.05, 3.63) is 46.4 Å². The first-order chi connectivity index (χ1) is 17.5. The van der Waals surface area contributed by atoms with Crippen LogP contribution in [0.3, 0.4) is 0 Å². The predicted molar refractivity (Wildman–Crippen MR) is 131 cm³/mol. The number of hydrogen-bond donors (Lipinski definition) is 1. The number of fused-ring (bicyclic) bond motifs is 5. The van der Waals surface area contributed by atoms with E-state index in [1.807, 2.05) is 0 Å². The van der Waals surface area contributed by atoms with Gasteiger partial charge in [0, 0.05) is 59.7 Å². The van der Waals surface area contributed by atoms with E-state index in [9.17, 15) is 9.65 Å². The number of likely N-dealkylation sites (tertiary alicyclic amines) is 1. The Hall–Kier alpha value is -3.33. The third-order valence-electron chi connectivity index (χ3n) is 7.64. The van der Waals surface area contributed by atoms with Gasteiger partial charge in [-0.15, -0.1) is 11.8 Å². The van der Waals surface area contributed by atoms with E-state index < -0.39 is 11.6 Å². The average Bonchev–Trinajstić information content (AvgIpc) is 3.46. The maximum Gasteiger partial charge on any atom is 0.226 e. The SMILES string of the molecule is CN1CC2CN(c3ncc4c5c(c(-c6ncc(F)c7c6C(C#N)=C(N)CS7)c(F)c4n3)COC5)C2C1. The van der Waals surface area contributed by atoms with Gasteiger partial charge in [0.2, 0.25) is 5.95 Å². The Kier molecular flexibility index (Phi) is 4.77. The molecule has 4 aliphatic rings. The van der Waals surface area contributed by atoms with E-state index in [0.29, 0.717) is 34.6 Å². The Morgan fingerprint density at radius 2 is 1.97 bits per heavy atom. The Labute approximate surface area is 209 Å². The van der Waals surface area contributed by atoms with Gasteiger partial charge in [-0.2, -0.15) is 5.26 Å². The number of rotatable bonds is 2. The second kappa shape index (κ2) is 7.83. The fourth-order valence-corrected chi connectivity index (χ4v) is 6.89. The zero-order valence-electron chi connectivity index (χ0n) is 19.4. The molecule has 0 amide bonds. The van der Waals surface area contributed by atoms with Crippen LogP contribution in [0.25, 0.3) is 27.7 Å². The number of likely N-dealkylation sites (N-methyl/N-ethyl adjacent to an activating group) is 1. The van der Waals surface area contributed by atoms with Crippen LogP contribution in [0.2, 0.25) is 0 Å². The molecule has 7 rings (SSSR count). The number of nitrogens with zero attached hydrogens (tertiary/aromatic N) is 6. The molecule has 2 saturated heterocycles. The third kappa shape index (κ3) is 2.95. The minimum absolute atomic E-state index is 0.123. The summed E-state index contributed by atoms with van der Waals surface area (Å²) in [6.45, 7) is 3.25. The third-order valence-corrected chi connectivity index (χ3v) is 8.79. The zero-order chi connectivity index (χ0) is 24.7. The molecule has 0 saturated carbocycles. The molecule has 182 valence electrons. The van der Waals surface area contributed by atoms with Crippen molar-refractivity contribution in [2.75, 3.05) is 37.3 Å². The van der Waals surface area contributed by atoms with E-state index in [2.05, 4.69) is 37.9 Å². The van der Waals surface area contributed by atoms with Gasteiger partial charge in [-0.25, -0.2) is 18.7 Å². The summed E-state index contributed by atoms with van der Waals surface area (Å²) in [5.41, 5.74) is 8.72. The number of anilines is 1. The molecule has 8 nitrogen and oxygen atoms in total. The van der Waals surface area contributed by atoms with Crippen molar-refractivity contribution in [3.8, 4) is 17.3 Å². The van der Waals surface area contributed by atoms with Gasteiger partial charge >= 0.3 is 0 Å². The summed E-state index contributed by atoms with van der Waals surface area (Å²) in [6, 6.07) is 2.40. The molecule has 4 aliphatic heterocycles. The van der Waals surface area contributed by atoms with Gasteiger partial charge in [-0.3, -0.25) is 4.98 Å². The number of hydrogen-bond acceptors (Lipinski definition) is 9. The van der Waals surface area contributed by atoms with Crippen molar-refractivity contribution in [2.45, 2.75) is 24.2 Å². The van der Waals surface area contributed by atoms with Crippen molar-refractivity contribution in [1.29, 1.82) is 5.26 Å². The van der Waals surface area contributed by atoms with E-state index in [1.54, 1.807) is 6.20 Å². The van der Waals surface area contributed by atoms with Crippen LogP contribution in [-0.2, 0) is 18.0 Å². The quantitative estimate of drug-likeness (QED) is 0.563. The van der Waals surface area contributed by atoms with Gasteiger partial charge < -0.3 is 20.3 Å². The summed E-state index contributed by atoms with van der Waals surface area (Å²) >= 11 is 1.18. The van der Waals surface area contributed by atoms with Crippen LogP contribution in [0, 0.1) is 28.9 Å². The highest BCUT2D eigenvalue weighted by Crippen LogP contribution is 2.46. The minimum atomic E-state index is -0.578. The number of nitrogens with two attached hydrogens (primary N) is 1. The standard InChI is InChI=1S/C25H21F2N7OS/c1-33-5-11-6-34(18(11)7-33)25-31-3-13-14-8-35-9-15(14)19(21(27)22(13)32-25)23-20-12(2-28)17(29)10-36-24(20)16(26)4-30-23/h3-4,11,18H,5-10,29H2,1H3. The maximum absolute atomic E-state index is 16.5. The highest BCUT2D eigenvalue weighted by atomic mass is 32.2. The van der Waals surface area contributed by atoms with Gasteiger partial charge in [0.25, 0.3) is 0 Å².